The van der Waals surface area contributed by atoms with Crippen LogP contribution in [0.5, 0.6) is 0 Å². The first-order valence-corrected chi connectivity index (χ1v) is 12.9. The number of aliphatic carboxylic acids is 3. The lowest BCUT2D eigenvalue weighted by Gasteiger charge is -2.38. The van der Waals surface area contributed by atoms with Crippen LogP contribution >= 0.6 is 0 Å². The second kappa shape index (κ2) is 18.2. The molecule has 3 N–H and O–H groups in total. The maximum absolute atomic E-state index is 10.6. The molecule has 2 atom stereocenters. The van der Waals surface area contributed by atoms with E-state index in [1.807, 2.05) is 30.9 Å². The minimum absolute atomic E-state index is 0.356. The van der Waals surface area contributed by atoms with Crippen molar-refractivity contribution in [2.24, 2.45) is 5.92 Å². The summed E-state index contributed by atoms with van der Waals surface area (Å²) in [5.41, 5.74) is 2.62. The SMILES string of the molecule is O=C(O)C(F)(F)F.O=C(O)C(F)(F)F.O=C(O)C(F)(F)F.c1cncc(CN2CCO[C@@H]3CN(Cc4ccncc4)CC[C@@H]3C2)c1. The number of rotatable bonds is 4. The van der Waals surface area contributed by atoms with Crippen LogP contribution in [0.3, 0.4) is 0 Å². The summed E-state index contributed by atoms with van der Waals surface area (Å²) in [6.07, 6.45) is -6.13. The van der Waals surface area contributed by atoms with Gasteiger partial charge in [0, 0.05) is 63.4 Å². The van der Waals surface area contributed by atoms with E-state index in [0.29, 0.717) is 12.0 Å². The van der Waals surface area contributed by atoms with Gasteiger partial charge in [0.05, 0.1) is 12.7 Å². The summed E-state index contributed by atoms with van der Waals surface area (Å²) in [6, 6.07) is 8.39. The Bertz CT molecular complexity index is 1160. The third-order valence-electron chi connectivity index (χ3n) is 6.02. The van der Waals surface area contributed by atoms with Crippen molar-refractivity contribution in [3.63, 3.8) is 0 Å². The van der Waals surface area contributed by atoms with Crippen LogP contribution in [-0.2, 0) is 32.2 Å². The Morgan fingerprint density at radius 3 is 1.65 bits per heavy atom. The van der Waals surface area contributed by atoms with E-state index in [0.717, 1.165) is 45.9 Å². The zero-order chi connectivity index (χ0) is 35.1. The Morgan fingerprint density at radius 2 is 1.20 bits per heavy atom. The summed E-state index contributed by atoms with van der Waals surface area (Å²) in [4.78, 5) is 40.1. The van der Waals surface area contributed by atoms with Crippen LogP contribution in [-0.4, -0.2) is 110 Å². The summed E-state index contributed by atoms with van der Waals surface area (Å²) in [6.45, 7) is 7.11. The Kier molecular flexibility index (Phi) is 15.8. The molecule has 258 valence electrons. The number of carboxylic acids is 3. The van der Waals surface area contributed by atoms with Gasteiger partial charge in [0.15, 0.2) is 0 Å². The molecule has 0 radical (unpaired) electrons. The van der Waals surface area contributed by atoms with E-state index in [4.69, 9.17) is 34.4 Å². The molecule has 2 aromatic heterocycles. The normalized spacial score (nSPS) is 18.9. The molecule has 0 bridgehead atoms. The number of hydrogen-bond donors (Lipinski definition) is 3. The fourth-order valence-electron chi connectivity index (χ4n) is 3.97. The average Bonchev–Trinajstić information content (AvgIpc) is 3.15. The number of alkyl halides is 9. The topological polar surface area (TPSA) is 153 Å². The van der Waals surface area contributed by atoms with E-state index in [1.54, 1.807) is 0 Å². The highest BCUT2D eigenvalue weighted by Crippen LogP contribution is 2.26. The van der Waals surface area contributed by atoms with Gasteiger partial charge in [0.25, 0.3) is 0 Å². The van der Waals surface area contributed by atoms with E-state index < -0.39 is 36.4 Å². The number of halogens is 9. The summed E-state index contributed by atoms with van der Waals surface area (Å²) >= 11 is 0. The molecule has 0 amide bonds. The molecule has 0 aromatic carbocycles. The minimum atomic E-state index is -5.08. The maximum Gasteiger partial charge on any atom is 0.490 e. The van der Waals surface area contributed by atoms with E-state index in [-0.39, 0.29) is 0 Å². The Labute approximate surface area is 255 Å². The first kappa shape index (κ1) is 40.0. The Morgan fingerprint density at radius 1 is 0.717 bits per heavy atom. The molecule has 2 aromatic rings. The highest BCUT2D eigenvalue weighted by atomic mass is 19.4. The average molecular weight is 681 g/mol. The molecule has 0 aliphatic carbocycles. The fraction of sp³-hybridized carbons (Fsp3) is 0.500. The monoisotopic (exact) mass is 680 g/mol. The molecular formula is C26H29F9N4O7. The summed E-state index contributed by atoms with van der Waals surface area (Å²) < 4.78 is 101. The van der Waals surface area contributed by atoms with Crippen molar-refractivity contribution in [1.82, 2.24) is 19.8 Å². The molecular weight excluding hydrogens is 651 g/mol. The van der Waals surface area contributed by atoms with Gasteiger partial charge < -0.3 is 20.1 Å². The number of carboxylic acid groups (broad SMARTS) is 3. The van der Waals surface area contributed by atoms with Gasteiger partial charge in [-0.3, -0.25) is 19.8 Å². The second-order valence-electron chi connectivity index (χ2n) is 9.55. The Hall–Kier alpha value is -4.04. The van der Waals surface area contributed by atoms with Crippen molar-refractivity contribution in [2.45, 2.75) is 44.1 Å². The first-order chi connectivity index (χ1) is 21.2. The van der Waals surface area contributed by atoms with Crippen LogP contribution in [0.25, 0.3) is 0 Å². The lowest BCUT2D eigenvalue weighted by molar-refractivity contribution is -0.193. The number of aromatic nitrogens is 2. The van der Waals surface area contributed by atoms with E-state index in [9.17, 15) is 39.5 Å². The lowest BCUT2D eigenvalue weighted by atomic mass is 9.93. The molecule has 4 rings (SSSR count). The maximum atomic E-state index is 10.6. The van der Waals surface area contributed by atoms with Gasteiger partial charge in [-0.1, -0.05) is 6.07 Å². The number of carbonyl (C=O) groups is 3. The smallest absolute Gasteiger partial charge is 0.475 e. The van der Waals surface area contributed by atoms with Gasteiger partial charge in [0.1, 0.15) is 0 Å². The van der Waals surface area contributed by atoms with Crippen LogP contribution in [0.2, 0.25) is 0 Å². The summed E-state index contributed by atoms with van der Waals surface area (Å²) in [7, 11) is 0. The molecule has 2 fully saturated rings. The molecule has 46 heavy (non-hydrogen) atoms. The lowest BCUT2D eigenvalue weighted by Crippen LogP contribution is -2.46. The molecule has 20 heteroatoms. The fourth-order valence-corrected chi connectivity index (χ4v) is 3.97. The zero-order valence-electron chi connectivity index (χ0n) is 23.6. The van der Waals surface area contributed by atoms with Gasteiger partial charge in [-0.05, 0) is 42.3 Å². The van der Waals surface area contributed by atoms with Crippen molar-refractivity contribution in [3.8, 4) is 0 Å². The van der Waals surface area contributed by atoms with E-state index in [1.165, 1.54) is 17.5 Å². The van der Waals surface area contributed by atoms with Gasteiger partial charge in [-0.25, -0.2) is 14.4 Å². The number of ether oxygens (including phenoxy) is 1. The number of likely N-dealkylation sites (tertiary alicyclic amines) is 1. The highest BCUT2D eigenvalue weighted by molar-refractivity contribution is 5.73. The van der Waals surface area contributed by atoms with Crippen LogP contribution in [0.15, 0.2) is 49.1 Å². The number of fused-ring (bicyclic) bond motifs is 1. The first-order valence-electron chi connectivity index (χ1n) is 12.9. The summed E-state index contributed by atoms with van der Waals surface area (Å²) in [5.74, 6) is -7.64. The molecule has 11 nitrogen and oxygen atoms in total. The predicted molar refractivity (Wildman–Crippen MR) is 138 cm³/mol. The van der Waals surface area contributed by atoms with Crippen molar-refractivity contribution >= 4 is 17.9 Å². The van der Waals surface area contributed by atoms with Crippen molar-refractivity contribution in [1.29, 1.82) is 0 Å². The molecule has 4 heterocycles. The molecule has 0 saturated carbocycles. The van der Waals surface area contributed by atoms with E-state index in [2.05, 4.69) is 38.0 Å². The standard InChI is InChI=1S/C20H26N4O.3C2HF3O2/c1-2-18(12-22-6-1)14-24-10-11-25-20-16-23(9-5-19(20)15-24)13-17-3-7-21-8-4-17;3*3-2(4,5)1(6)7/h1-4,6-8,12,19-20H,5,9-11,13-16H2;3*(H,6,7)/t19-,20-;;;/m1.../s1. The van der Waals surface area contributed by atoms with Crippen molar-refractivity contribution < 1.29 is 74.0 Å². The van der Waals surface area contributed by atoms with Crippen molar-refractivity contribution in [2.75, 3.05) is 32.8 Å². The van der Waals surface area contributed by atoms with Gasteiger partial charge in [0.2, 0.25) is 0 Å². The Balaban J connectivity index is 0.000000413. The molecule has 0 unspecified atom stereocenters. The van der Waals surface area contributed by atoms with E-state index >= 15 is 0 Å². The molecule has 2 aliphatic heterocycles. The summed E-state index contributed by atoms with van der Waals surface area (Å²) in [5, 5.41) is 21.4. The zero-order valence-corrected chi connectivity index (χ0v) is 23.6. The van der Waals surface area contributed by atoms with Crippen LogP contribution in [0.4, 0.5) is 39.5 Å². The third kappa shape index (κ3) is 16.3. The van der Waals surface area contributed by atoms with Crippen LogP contribution in [0.1, 0.15) is 17.5 Å². The third-order valence-corrected chi connectivity index (χ3v) is 6.02. The predicted octanol–water partition coefficient (Wildman–Crippen LogP) is 4.10. The largest absolute Gasteiger partial charge is 0.490 e. The molecule has 0 spiro atoms. The quantitative estimate of drug-likeness (QED) is 0.400. The minimum Gasteiger partial charge on any atom is -0.475 e. The van der Waals surface area contributed by atoms with Crippen LogP contribution < -0.4 is 0 Å². The molecule has 2 aliphatic rings. The van der Waals surface area contributed by atoms with Gasteiger partial charge >= 0.3 is 36.4 Å². The van der Waals surface area contributed by atoms with Gasteiger partial charge in [-0.2, -0.15) is 39.5 Å². The molecule has 2 saturated heterocycles. The van der Waals surface area contributed by atoms with Crippen LogP contribution in [0, 0.1) is 5.92 Å². The second-order valence-corrected chi connectivity index (χ2v) is 9.55. The van der Waals surface area contributed by atoms with Gasteiger partial charge in [-0.15, -0.1) is 0 Å². The van der Waals surface area contributed by atoms with Crippen molar-refractivity contribution in [3.05, 3.63) is 60.2 Å². The highest BCUT2D eigenvalue weighted by Gasteiger charge is 2.39. The number of piperidine rings is 1. The number of hydrogen-bond acceptors (Lipinski definition) is 8. The number of pyridine rings is 2. The number of nitrogens with zero attached hydrogens (tertiary/aromatic N) is 4.